The molecule has 3 aromatic carbocycles. The number of hydrogen-bond donors (Lipinski definition) is 1. The summed E-state index contributed by atoms with van der Waals surface area (Å²) in [5, 5.41) is 3.33. The second-order valence-corrected chi connectivity index (χ2v) is 9.73. The van der Waals surface area contributed by atoms with E-state index in [1.165, 1.54) is 12.1 Å². The Bertz CT molecular complexity index is 1180. The number of esters is 1. The number of ether oxygens (including phenoxy) is 1. The minimum Gasteiger partial charge on any atom is -0.454 e. The Morgan fingerprint density at radius 1 is 0.943 bits per heavy atom. The van der Waals surface area contributed by atoms with E-state index in [-0.39, 0.29) is 17.9 Å². The molecule has 3 aliphatic rings. The SMILES string of the molecule is O=C(C[N+]12CCC(CC1)C(OC(=O)C(Nc1ccccc1)c1ccccc1)C2)c1cccc(F)c1. The Balaban J connectivity index is 1.31. The van der Waals surface area contributed by atoms with Gasteiger partial charge in [-0.15, -0.1) is 0 Å². The molecular formula is C29H30FN2O3+. The molecule has 2 bridgehead atoms. The van der Waals surface area contributed by atoms with Crippen LogP contribution in [0.25, 0.3) is 0 Å². The summed E-state index contributed by atoms with van der Waals surface area (Å²) in [5.41, 5.74) is 2.08. The molecule has 5 nitrogen and oxygen atoms in total. The number of Topliss-reactive ketones (excluding diaryl/α,β-unsaturated/α-hetero) is 1. The number of hydrogen-bond acceptors (Lipinski definition) is 4. The van der Waals surface area contributed by atoms with E-state index in [0.717, 1.165) is 37.2 Å². The summed E-state index contributed by atoms with van der Waals surface area (Å²) in [5.74, 6) is -0.481. The Kier molecular flexibility index (Phi) is 6.64. The number of piperidine rings is 3. The van der Waals surface area contributed by atoms with Crippen LogP contribution in [0.1, 0.15) is 34.8 Å². The molecule has 35 heavy (non-hydrogen) atoms. The van der Waals surface area contributed by atoms with Crippen LogP contribution < -0.4 is 5.32 Å². The maximum absolute atomic E-state index is 13.6. The molecule has 6 heteroatoms. The lowest BCUT2D eigenvalue weighted by Gasteiger charge is -2.51. The minimum atomic E-state index is -0.628. The van der Waals surface area contributed by atoms with Crippen LogP contribution in [0, 0.1) is 11.7 Å². The van der Waals surface area contributed by atoms with Crippen LogP contribution in [-0.4, -0.2) is 48.5 Å². The summed E-state index contributed by atoms with van der Waals surface area (Å²) in [6.07, 6.45) is 1.58. The van der Waals surface area contributed by atoms with Crippen molar-refractivity contribution in [3.8, 4) is 0 Å². The number of carbonyl (C=O) groups excluding carboxylic acids is 2. The molecule has 3 saturated heterocycles. The lowest BCUT2D eigenvalue weighted by Crippen LogP contribution is -2.65. The first-order valence-electron chi connectivity index (χ1n) is 12.2. The summed E-state index contributed by atoms with van der Waals surface area (Å²) >= 11 is 0. The van der Waals surface area contributed by atoms with Gasteiger partial charge >= 0.3 is 5.97 Å². The van der Waals surface area contributed by atoms with E-state index < -0.39 is 11.9 Å². The summed E-state index contributed by atoms with van der Waals surface area (Å²) < 4.78 is 20.4. The number of para-hydroxylation sites is 1. The van der Waals surface area contributed by atoms with Gasteiger partial charge in [-0.25, -0.2) is 9.18 Å². The number of quaternary nitrogens is 1. The predicted molar refractivity (Wildman–Crippen MR) is 132 cm³/mol. The zero-order chi connectivity index (χ0) is 24.3. The largest absolute Gasteiger partial charge is 0.454 e. The molecule has 3 heterocycles. The predicted octanol–water partition coefficient (Wildman–Crippen LogP) is 5.01. The first-order valence-corrected chi connectivity index (χ1v) is 12.2. The van der Waals surface area contributed by atoms with Crippen molar-refractivity contribution in [2.45, 2.75) is 25.0 Å². The molecule has 1 N–H and O–H groups in total. The molecule has 3 fully saturated rings. The van der Waals surface area contributed by atoms with Crippen LogP contribution in [0.3, 0.4) is 0 Å². The Labute approximate surface area is 205 Å². The average Bonchev–Trinajstić information content (AvgIpc) is 2.89. The molecule has 0 spiro atoms. The van der Waals surface area contributed by atoms with E-state index in [1.54, 1.807) is 12.1 Å². The van der Waals surface area contributed by atoms with Gasteiger partial charge in [0.25, 0.3) is 0 Å². The molecular weight excluding hydrogens is 443 g/mol. The number of benzene rings is 3. The molecule has 2 atom stereocenters. The van der Waals surface area contributed by atoms with Crippen LogP contribution in [0.5, 0.6) is 0 Å². The minimum absolute atomic E-state index is 0.0668. The molecule has 0 amide bonds. The zero-order valence-corrected chi connectivity index (χ0v) is 19.6. The fourth-order valence-electron chi connectivity index (χ4n) is 5.48. The van der Waals surface area contributed by atoms with Gasteiger partial charge in [0.2, 0.25) is 5.78 Å². The molecule has 3 aliphatic heterocycles. The van der Waals surface area contributed by atoms with Gasteiger partial charge in [0.05, 0.1) is 13.1 Å². The number of carbonyl (C=O) groups is 2. The van der Waals surface area contributed by atoms with Gasteiger partial charge in [0.1, 0.15) is 18.9 Å². The van der Waals surface area contributed by atoms with Crippen molar-refractivity contribution in [3.63, 3.8) is 0 Å². The topological polar surface area (TPSA) is 55.4 Å². The summed E-state index contributed by atoms with van der Waals surface area (Å²) in [4.78, 5) is 26.4. The van der Waals surface area contributed by atoms with Gasteiger partial charge in [-0.3, -0.25) is 4.79 Å². The lowest BCUT2D eigenvalue weighted by molar-refractivity contribution is -0.938. The highest BCUT2D eigenvalue weighted by Crippen LogP contribution is 2.36. The van der Waals surface area contributed by atoms with E-state index in [1.807, 2.05) is 60.7 Å². The zero-order valence-electron chi connectivity index (χ0n) is 19.6. The molecule has 0 saturated carbocycles. The highest BCUT2D eigenvalue weighted by molar-refractivity contribution is 5.97. The summed E-state index contributed by atoms with van der Waals surface area (Å²) in [6.45, 7) is 2.67. The quantitative estimate of drug-likeness (QED) is 0.284. The number of halogens is 1. The van der Waals surface area contributed by atoms with Crippen LogP contribution in [0.4, 0.5) is 10.1 Å². The van der Waals surface area contributed by atoms with Gasteiger partial charge in [-0.1, -0.05) is 60.7 Å². The third-order valence-corrected chi connectivity index (χ3v) is 7.39. The Morgan fingerprint density at radius 3 is 2.31 bits per heavy atom. The second kappa shape index (κ2) is 10.0. The first kappa shape index (κ1) is 23.2. The van der Waals surface area contributed by atoms with E-state index in [0.29, 0.717) is 29.1 Å². The Morgan fingerprint density at radius 2 is 1.63 bits per heavy atom. The van der Waals surface area contributed by atoms with Crippen molar-refractivity contribution < 1.29 is 23.2 Å². The molecule has 2 unspecified atom stereocenters. The van der Waals surface area contributed by atoms with Gasteiger partial charge in [0, 0.05) is 30.0 Å². The van der Waals surface area contributed by atoms with Gasteiger partial charge in [-0.2, -0.15) is 0 Å². The van der Waals surface area contributed by atoms with Crippen LogP contribution in [0.2, 0.25) is 0 Å². The number of rotatable bonds is 8. The second-order valence-electron chi connectivity index (χ2n) is 9.73. The number of nitrogens with zero attached hydrogens (tertiary/aromatic N) is 1. The van der Waals surface area contributed by atoms with Crippen molar-refractivity contribution in [3.05, 3.63) is 102 Å². The molecule has 0 radical (unpaired) electrons. The fourth-order valence-corrected chi connectivity index (χ4v) is 5.48. The van der Waals surface area contributed by atoms with Crippen LogP contribution >= 0.6 is 0 Å². The number of ketones is 1. The standard InChI is InChI=1S/C29H30FN2O3/c30-24-11-7-10-23(18-24)26(33)19-32-16-14-21(15-17-32)27(20-32)35-29(34)28(22-8-3-1-4-9-22)31-25-12-5-2-6-13-25/h1-13,18,21,27-28,31H,14-17,19-20H2/q+1. The van der Waals surface area contributed by atoms with Crippen molar-refractivity contribution in [2.75, 3.05) is 31.5 Å². The van der Waals surface area contributed by atoms with E-state index in [4.69, 9.17) is 4.74 Å². The van der Waals surface area contributed by atoms with Crippen molar-refractivity contribution >= 4 is 17.4 Å². The lowest BCUT2D eigenvalue weighted by atomic mass is 9.82. The third kappa shape index (κ3) is 5.28. The monoisotopic (exact) mass is 473 g/mol. The normalized spacial score (nSPS) is 23.9. The molecule has 0 aromatic heterocycles. The van der Waals surface area contributed by atoms with E-state index >= 15 is 0 Å². The van der Waals surface area contributed by atoms with Gasteiger partial charge in [-0.05, 0) is 29.8 Å². The van der Waals surface area contributed by atoms with Crippen molar-refractivity contribution in [2.24, 2.45) is 5.92 Å². The third-order valence-electron chi connectivity index (χ3n) is 7.39. The molecule has 3 aromatic rings. The molecule has 180 valence electrons. The maximum Gasteiger partial charge on any atom is 0.333 e. The molecule has 6 rings (SSSR count). The number of anilines is 1. The van der Waals surface area contributed by atoms with Gasteiger partial charge in [0.15, 0.2) is 12.1 Å². The number of fused-ring (bicyclic) bond motifs is 3. The fraction of sp³-hybridized carbons (Fsp3) is 0.310. The maximum atomic E-state index is 13.6. The number of nitrogens with one attached hydrogen (secondary N) is 1. The highest BCUT2D eigenvalue weighted by Gasteiger charge is 2.49. The first-order chi connectivity index (χ1) is 17.0. The summed E-state index contributed by atoms with van der Waals surface area (Å²) in [7, 11) is 0. The smallest absolute Gasteiger partial charge is 0.333 e. The average molecular weight is 474 g/mol. The van der Waals surface area contributed by atoms with Crippen LogP contribution in [-0.2, 0) is 9.53 Å². The van der Waals surface area contributed by atoms with E-state index in [9.17, 15) is 14.0 Å². The molecule has 0 aliphatic carbocycles. The van der Waals surface area contributed by atoms with Crippen molar-refractivity contribution in [1.29, 1.82) is 0 Å². The van der Waals surface area contributed by atoms with Gasteiger partial charge < -0.3 is 14.5 Å². The van der Waals surface area contributed by atoms with E-state index in [2.05, 4.69) is 5.32 Å². The highest BCUT2D eigenvalue weighted by atomic mass is 19.1. The Hall–Kier alpha value is -3.51. The van der Waals surface area contributed by atoms with Crippen molar-refractivity contribution in [1.82, 2.24) is 0 Å². The summed E-state index contributed by atoms with van der Waals surface area (Å²) in [6, 6.07) is 24.5. The van der Waals surface area contributed by atoms with Crippen LogP contribution in [0.15, 0.2) is 84.9 Å².